The minimum Gasteiger partial charge on any atom is -0.312 e. The van der Waals surface area contributed by atoms with Gasteiger partial charge in [-0.25, -0.2) is 0 Å². The van der Waals surface area contributed by atoms with Crippen LogP contribution in [0, 0.1) is 0 Å². The molecular formula is C21H22N2O. The summed E-state index contributed by atoms with van der Waals surface area (Å²) >= 11 is 0. The van der Waals surface area contributed by atoms with E-state index in [0.29, 0.717) is 6.54 Å². The van der Waals surface area contributed by atoms with Crippen molar-refractivity contribution < 1.29 is 0 Å². The zero-order chi connectivity index (χ0) is 16.4. The Morgan fingerprint density at radius 2 is 1.92 bits per heavy atom. The third-order valence-corrected chi connectivity index (χ3v) is 4.85. The van der Waals surface area contributed by atoms with E-state index in [-0.39, 0.29) is 5.56 Å². The highest BCUT2D eigenvalue weighted by Crippen LogP contribution is 2.23. The maximum absolute atomic E-state index is 12.8. The first-order chi connectivity index (χ1) is 11.8. The summed E-state index contributed by atoms with van der Waals surface area (Å²) in [4.78, 5) is 12.8. The van der Waals surface area contributed by atoms with Crippen molar-refractivity contribution in [1.82, 2.24) is 9.88 Å². The van der Waals surface area contributed by atoms with Gasteiger partial charge in [0.1, 0.15) is 0 Å². The predicted octanol–water partition coefficient (Wildman–Crippen LogP) is 3.28. The zero-order valence-corrected chi connectivity index (χ0v) is 13.8. The molecule has 2 heterocycles. The van der Waals surface area contributed by atoms with E-state index in [1.165, 1.54) is 16.5 Å². The van der Waals surface area contributed by atoms with Crippen LogP contribution in [-0.2, 0) is 25.9 Å². The fourth-order valence-electron chi connectivity index (χ4n) is 3.65. The summed E-state index contributed by atoms with van der Waals surface area (Å²) < 4.78 is 1.97. The van der Waals surface area contributed by atoms with Crippen LogP contribution in [0.15, 0.2) is 59.4 Å². The van der Waals surface area contributed by atoms with Crippen molar-refractivity contribution in [3.05, 3.63) is 81.6 Å². The average Bonchev–Trinajstić information content (AvgIpc) is 2.63. The van der Waals surface area contributed by atoms with Crippen LogP contribution >= 0.6 is 0 Å². The second kappa shape index (κ2) is 6.62. The number of hydrogen-bond donors (Lipinski definition) is 1. The summed E-state index contributed by atoms with van der Waals surface area (Å²) in [5.41, 5.74) is 4.80. The maximum Gasteiger partial charge on any atom is 0.255 e. The largest absolute Gasteiger partial charge is 0.312 e. The van der Waals surface area contributed by atoms with E-state index in [1.54, 1.807) is 0 Å². The number of aromatic nitrogens is 1. The molecule has 1 aromatic heterocycles. The minimum atomic E-state index is 0.168. The number of rotatable bonds is 5. The number of aryl methyl sites for hydroxylation is 2. The lowest BCUT2D eigenvalue weighted by molar-refractivity contribution is 0.603. The monoisotopic (exact) mass is 318 g/mol. The lowest BCUT2D eigenvalue weighted by Crippen LogP contribution is -2.30. The van der Waals surface area contributed by atoms with Crippen LogP contribution < -0.4 is 10.9 Å². The lowest BCUT2D eigenvalue weighted by atomic mass is 10.00. The first kappa shape index (κ1) is 15.2. The van der Waals surface area contributed by atoms with Gasteiger partial charge in [-0.05, 0) is 48.4 Å². The molecule has 3 heteroatoms. The van der Waals surface area contributed by atoms with Gasteiger partial charge in [-0.2, -0.15) is 0 Å². The van der Waals surface area contributed by atoms with Crippen molar-refractivity contribution in [3.63, 3.8) is 0 Å². The maximum atomic E-state index is 12.8. The Morgan fingerprint density at radius 1 is 1.04 bits per heavy atom. The molecule has 0 aliphatic carbocycles. The van der Waals surface area contributed by atoms with Crippen LogP contribution in [-0.4, -0.2) is 11.1 Å². The van der Waals surface area contributed by atoms with Gasteiger partial charge in [0.25, 0.3) is 5.56 Å². The second-order valence-corrected chi connectivity index (χ2v) is 6.50. The highest BCUT2D eigenvalue weighted by molar-refractivity contribution is 5.83. The predicted molar refractivity (Wildman–Crippen MR) is 98.4 cm³/mol. The van der Waals surface area contributed by atoms with Crippen molar-refractivity contribution in [1.29, 1.82) is 0 Å². The smallest absolute Gasteiger partial charge is 0.255 e. The van der Waals surface area contributed by atoms with E-state index in [4.69, 9.17) is 0 Å². The van der Waals surface area contributed by atoms with Crippen LogP contribution in [0.3, 0.4) is 0 Å². The second-order valence-electron chi connectivity index (χ2n) is 6.50. The summed E-state index contributed by atoms with van der Waals surface area (Å²) in [5, 5.41) is 4.61. The Balaban J connectivity index is 1.53. The van der Waals surface area contributed by atoms with Crippen LogP contribution in [0.5, 0.6) is 0 Å². The zero-order valence-electron chi connectivity index (χ0n) is 13.8. The van der Waals surface area contributed by atoms with Crippen molar-refractivity contribution in [2.24, 2.45) is 0 Å². The number of hydrogen-bond acceptors (Lipinski definition) is 2. The van der Waals surface area contributed by atoms with E-state index in [1.807, 2.05) is 10.6 Å². The van der Waals surface area contributed by atoms with Gasteiger partial charge in [0.15, 0.2) is 0 Å². The molecule has 0 atom stereocenters. The van der Waals surface area contributed by atoms with Gasteiger partial charge in [0.2, 0.25) is 0 Å². The van der Waals surface area contributed by atoms with Crippen LogP contribution in [0.1, 0.15) is 23.1 Å². The summed E-state index contributed by atoms with van der Waals surface area (Å²) in [6, 6.07) is 18.9. The first-order valence-corrected chi connectivity index (χ1v) is 8.72. The van der Waals surface area contributed by atoms with Crippen molar-refractivity contribution >= 4 is 10.9 Å². The van der Waals surface area contributed by atoms with Crippen LogP contribution in [0.2, 0.25) is 0 Å². The first-order valence-electron chi connectivity index (χ1n) is 8.72. The number of benzene rings is 2. The van der Waals surface area contributed by atoms with E-state index < -0.39 is 0 Å². The van der Waals surface area contributed by atoms with Crippen molar-refractivity contribution in [2.75, 3.05) is 6.54 Å². The SMILES string of the molecule is O=c1c(CNCCc2ccccc2)cc2cccc3c2n1CCC3. The Bertz CT molecular complexity index is 912. The molecule has 1 N–H and O–H groups in total. The molecule has 0 spiro atoms. The fourth-order valence-corrected chi connectivity index (χ4v) is 3.65. The summed E-state index contributed by atoms with van der Waals surface area (Å²) in [5.74, 6) is 0. The van der Waals surface area contributed by atoms with Gasteiger partial charge >= 0.3 is 0 Å². The van der Waals surface area contributed by atoms with E-state index in [2.05, 4.69) is 53.8 Å². The Hall–Kier alpha value is -2.39. The molecule has 0 amide bonds. The summed E-state index contributed by atoms with van der Waals surface area (Å²) in [6.07, 6.45) is 3.11. The Labute approximate surface area is 141 Å². The van der Waals surface area contributed by atoms with Crippen LogP contribution in [0.25, 0.3) is 10.9 Å². The van der Waals surface area contributed by atoms with Gasteiger partial charge in [-0.1, -0.05) is 48.5 Å². The highest BCUT2D eigenvalue weighted by Gasteiger charge is 2.15. The third kappa shape index (κ3) is 2.87. The molecule has 4 rings (SSSR count). The van der Waals surface area contributed by atoms with Crippen molar-refractivity contribution in [3.8, 4) is 0 Å². The Morgan fingerprint density at radius 3 is 2.79 bits per heavy atom. The molecule has 3 nitrogen and oxygen atoms in total. The molecule has 0 unspecified atom stereocenters. The Kier molecular flexibility index (Phi) is 4.18. The molecule has 122 valence electrons. The topological polar surface area (TPSA) is 34.0 Å². The quantitative estimate of drug-likeness (QED) is 0.733. The third-order valence-electron chi connectivity index (χ3n) is 4.85. The molecule has 1 aliphatic heterocycles. The van der Waals surface area contributed by atoms with E-state index >= 15 is 0 Å². The van der Waals surface area contributed by atoms with Gasteiger partial charge < -0.3 is 9.88 Å². The molecule has 0 saturated carbocycles. The van der Waals surface area contributed by atoms with Gasteiger partial charge in [-0.3, -0.25) is 4.79 Å². The molecule has 2 aromatic carbocycles. The molecule has 3 aromatic rings. The highest BCUT2D eigenvalue weighted by atomic mass is 16.1. The molecule has 0 saturated heterocycles. The average molecular weight is 318 g/mol. The minimum absolute atomic E-state index is 0.168. The number of nitrogens with zero attached hydrogens (tertiary/aromatic N) is 1. The number of para-hydroxylation sites is 1. The van der Waals surface area contributed by atoms with Crippen molar-refractivity contribution in [2.45, 2.75) is 32.4 Å². The molecule has 0 radical (unpaired) electrons. The van der Waals surface area contributed by atoms with Gasteiger partial charge in [-0.15, -0.1) is 0 Å². The summed E-state index contributed by atoms with van der Waals surface area (Å²) in [6.45, 7) is 2.34. The normalized spacial score (nSPS) is 13.3. The van der Waals surface area contributed by atoms with Crippen LogP contribution in [0.4, 0.5) is 0 Å². The molecular weight excluding hydrogens is 296 g/mol. The number of pyridine rings is 1. The standard InChI is InChI=1S/C21H22N2O/c24-21-19(15-22-12-11-16-6-2-1-3-7-16)14-18-9-4-8-17-10-5-13-23(21)20(17)18/h1-4,6-9,14,22H,5,10-13,15H2. The molecule has 24 heavy (non-hydrogen) atoms. The van der Waals surface area contributed by atoms with E-state index in [9.17, 15) is 4.79 Å². The molecule has 0 bridgehead atoms. The van der Waals surface area contributed by atoms with Gasteiger partial charge in [0.05, 0.1) is 5.52 Å². The molecule has 0 fully saturated rings. The van der Waals surface area contributed by atoms with Gasteiger partial charge in [0, 0.05) is 18.7 Å². The molecule has 1 aliphatic rings. The fraction of sp³-hybridized carbons (Fsp3) is 0.286. The number of nitrogens with one attached hydrogen (secondary N) is 1. The van der Waals surface area contributed by atoms with E-state index in [0.717, 1.165) is 43.4 Å². The lowest BCUT2D eigenvalue weighted by Gasteiger charge is -2.20. The summed E-state index contributed by atoms with van der Waals surface area (Å²) in [7, 11) is 0.